The van der Waals surface area contributed by atoms with Gasteiger partial charge in [0.15, 0.2) is 5.96 Å². The van der Waals surface area contributed by atoms with Crippen molar-refractivity contribution in [3.05, 3.63) is 52.2 Å². The van der Waals surface area contributed by atoms with Gasteiger partial charge >= 0.3 is 0 Å². The van der Waals surface area contributed by atoms with Crippen molar-refractivity contribution in [1.82, 2.24) is 14.9 Å². The number of thiophene rings is 1. The predicted octanol–water partition coefficient (Wildman–Crippen LogP) is 2.64. The van der Waals surface area contributed by atoms with Gasteiger partial charge in [-0.3, -0.25) is 4.99 Å². The molecule has 0 saturated heterocycles. The molecule has 0 saturated carbocycles. The van der Waals surface area contributed by atoms with E-state index in [4.69, 9.17) is 0 Å². The summed E-state index contributed by atoms with van der Waals surface area (Å²) in [5.41, 5.74) is 0.671. The van der Waals surface area contributed by atoms with Crippen molar-refractivity contribution in [2.45, 2.75) is 30.7 Å². The van der Waals surface area contributed by atoms with Crippen molar-refractivity contribution in [3.63, 3.8) is 0 Å². The van der Waals surface area contributed by atoms with Crippen LogP contribution in [0, 0.1) is 0 Å². The Morgan fingerprint density at radius 3 is 2.44 bits per heavy atom. The highest BCUT2D eigenvalue weighted by molar-refractivity contribution is 7.89. The number of benzene rings is 1. The Balaban J connectivity index is 2.05. The quantitative estimate of drug-likeness (QED) is 0.546. The van der Waals surface area contributed by atoms with Gasteiger partial charge in [-0.15, -0.1) is 11.3 Å². The SMILES string of the molecule is CN=C(NCc1ccccc1S(=O)(=O)N(C)C)NCC(C)(C)c1cccs1. The van der Waals surface area contributed by atoms with Crippen LogP contribution in [0.2, 0.25) is 0 Å². The fourth-order valence-electron chi connectivity index (χ4n) is 2.55. The molecular formula is C19H28N4O2S2. The third-order valence-corrected chi connectivity index (χ3v) is 7.44. The molecule has 0 fully saturated rings. The van der Waals surface area contributed by atoms with Crippen LogP contribution in [0.3, 0.4) is 0 Å². The third kappa shape index (κ3) is 5.31. The topological polar surface area (TPSA) is 73.8 Å². The van der Waals surface area contributed by atoms with Crippen LogP contribution >= 0.6 is 11.3 Å². The normalized spacial score (nSPS) is 13.0. The number of rotatable bonds is 7. The molecule has 148 valence electrons. The van der Waals surface area contributed by atoms with Gasteiger partial charge < -0.3 is 10.6 Å². The summed E-state index contributed by atoms with van der Waals surface area (Å²) in [4.78, 5) is 5.85. The average Bonchev–Trinajstić information content (AvgIpc) is 3.17. The molecule has 0 unspecified atom stereocenters. The first-order valence-corrected chi connectivity index (χ1v) is 11.0. The van der Waals surface area contributed by atoms with Crippen LogP contribution in [0.4, 0.5) is 0 Å². The second-order valence-electron chi connectivity index (χ2n) is 7.04. The van der Waals surface area contributed by atoms with Crippen molar-refractivity contribution in [1.29, 1.82) is 0 Å². The summed E-state index contributed by atoms with van der Waals surface area (Å²) < 4.78 is 26.2. The molecule has 8 heteroatoms. The second kappa shape index (κ2) is 8.86. The summed E-state index contributed by atoms with van der Waals surface area (Å²) in [6.07, 6.45) is 0. The Kier molecular flexibility index (Phi) is 7.02. The van der Waals surface area contributed by atoms with E-state index in [1.807, 2.05) is 12.1 Å². The molecule has 2 rings (SSSR count). The third-order valence-electron chi connectivity index (χ3n) is 4.29. The van der Waals surface area contributed by atoms with E-state index in [2.05, 4.69) is 47.0 Å². The van der Waals surface area contributed by atoms with Crippen LogP contribution in [0.25, 0.3) is 0 Å². The standard InChI is InChI=1S/C19H28N4O2S2/c1-19(2,17-11-8-12-26-17)14-22-18(20-3)21-13-15-9-6-7-10-16(15)27(24,25)23(4)5/h6-12H,13-14H2,1-5H3,(H2,20,21,22). The predicted molar refractivity (Wildman–Crippen MR) is 113 cm³/mol. The molecule has 0 aliphatic rings. The average molecular weight is 409 g/mol. The van der Waals surface area contributed by atoms with Crippen LogP contribution in [-0.4, -0.2) is 46.4 Å². The van der Waals surface area contributed by atoms with Crippen molar-refractivity contribution in [2.24, 2.45) is 4.99 Å². The molecule has 0 radical (unpaired) electrons. The van der Waals surface area contributed by atoms with E-state index in [1.54, 1.807) is 30.5 Å². The highest BCUT2D eigenvalue weighted by Crippen LogP contribution is 2.26. The Morgan fingerprint density at radius 2 is 1.85 bits per heavy atom. The van der Waals surface area contributed by atoms with E-state index >= 15 is 0 Å². The fourth-order valence-corrected chi connectivity index (χ4v) is 4.52. The van der Waals surface area contributed by atoms with E-state index < -0.39 is 10.0 Å². The molecular weight excluding hydrogens is 380 g/mol. The highest BCUT2D eigenvalue weighted by Gasteiger charge is 2.23. The van der Waals surface area contributed by atoms with Gasteiger partial charge in [-0.25, -0.2) is 12.7 Å². The number of hydrogen-bond donors (Lipinski definition) is 2. The molecule has 1 heterocycles. The largest absolute Gasteiger partial charge is 0.356 e. The van der Waals surface area contributed by atoms with Gasteiger partial charge in [-0.1, -0.05) is 38.1 Å². The lowest BCUT2D eigenvalue weighted by molar-refractivity contribution is 0.516. The second-order valence-corrected chi connectivity index (χ2v) is 10.1. The summed E-state index contributed by atoms with van der Waals surface area (Å²) >= 11 is 1.74. The van der Waals surface area contributed by atoms with Crippen LogP contribution in [0.1, 0.15) is 24.3 Å². The zero-order valence-electron chi connectivity index (χ0n) is 16.5. The van der Waals surface area contributed by atoms with E-state index in [0.29, 0.717) is 29.5 Å². The summed E-state index contributed by atoms with van der Waals surface area (Å²) in [7, 11) is 1.28. The van der Waals surface area contributed by atoms with Crippen LogP contribution in [0.5, 0.6) is 0 Å². The molecule has 1 aromatic heterocycles. The van der Waals surface area contributed by atoms with Crippen molar-refractivity contribution < 1.29 is 8.42 Å². The summed E-state index contributed by atoms with van der Waals surface area (Å²) in [6, 6.07) is 11.2. The molecule has 2 aromatic rings. The zero-order chi connectivity index (χ0) is 20.1. The van der Waals surface area contributed by atoms with Crippen molar-refractivity contribution in [3.8, 4) is 0 Å². The lowest BCUT2D eigenvalue weighted by Crippen LogP contribution is -2.43. The first-order chi connectivity index (χ1) is 12.7. The van der Waals surface area contributed by atoms with E-state index in [0.717, 1.165) is 0 Å². The molecule has 0 spiro atoms. The molecule has 0 amide bonds. The van der Waals surface area contributed by atoms with E-state index in [9.17, 15) is 8.42 Å². The molecule has 27 heavy (non-hydrogen) atoms. The molecule has 0 aliphatic heterocycles. The minimum Gasteiger partial charge on any atom is -0.356 e. The van der Waals surface area contributed by atoms with Gasteiger partial charge in [0.2, 0.25) is 10.0 Å². The van der Waals surface area contributed by atoms with Crippen molar-refractivity contribution in [2.75, 3.05) is 27.7 Å². The van der Waals surface area contributed by atoms with Crippen molar-refractivity contribution >= 4 is 27.3 Å². The van der Waals surface area contributed by atoms with E-state index in [1.165, 1.54) is 23.3 Å². The van der Waals surface area contributed by atoms with Gasteiger partial charge in [-0.05, 0) is 23.1 Å². The van der Waals surface area contributed by atoms with E-state index in [-0.39, 0.29) is 5.41 Å². The van der Waals surface area contributed by atoms with Crippen LogP contribution < -0.4 is 10.6 Å². The van der Waals surface area contributed by atoms with Gasteiger partial charge in [0.05, 0.1) is 4.90 Å². The minimum atomic E-state index is -3.49. The molecule has 0 atom stereocenters. The van der Waals surface area contributed by atoms with Gasteiger partial charge in [0.25, 0.3) is 0 Å². The molecule has 2 N–H and O–H groups in total. The summed E-state index contributed by atoms with van der Waals surface area (Å²) in [5.74, 6) is 0.636. The molecule has 0 bridgehead atoms. The number of hydrogen-bond acceptors (Lipinski definition) is 4. The lowest BCUT2D eigenvalue weighted by atomic mass is 9.91. The lowest BCUT2D eigenvalue weighted by Gasteiger charge is -2.25. The maximum atomic E-state index is 12.5. The first kappa shape index (κ1) is 21.4. The Morgan fingerprint density at radius 1 is 1.15 bits per heavy atom. The number of aliphatic imine (C=N–C) groups is 1. The highest BCUT2D eigenvalue weighted by atomic mass is 32.2. The summed E-state index contributed by atoms with van der Waals surface area (Å²) in [5, 5.41) is 8.62. The Hall–Kier alpha value is -1.90. The maximum absolute atomic E-state index is 12.5. The van der Waals surface area contributed by atoms with Gasteiger partial charge in [0, 0.05) is 44.5 Å². The Bertz CT molecular complexity index is 873. The maximum Gasteiger partial charge on any atom is 0.242 e. The molecule has 1 aromatic carbocycles. The first-order valence-electron chi connectivity index (χ1n) is 8.67. The number of nitrogens with zero attached hydrogens (tertiary/aromatic N) is 2. The molecule has 0 aliphatic carbocycles. The number of guanidine groups is 1. The summed E-state index contributed by atoms with van der Waals surface area (Å²) in [6.45, 7) is 5.43. The smallest absolute Gasteiger partial charge is 0.242 e. The Labute approximate surface area is 166 Å². The zero-order valence-corrected chi connectivity index (χ0v) is 18.1. The van der Waals surface area contributed by atoms with Gasteiger partial charge in [0.1, 0.15) is 0 Å². The van der Waals surface area contributed by atoms with Gasteiger partial charge in [-0.2, -0.15) is 0 Å². The monoisotopic (exact) mass is 408 g/mol. The number of sulfonamides is 1. The van der Waals surface area contributed by atoms with Crippen LogP contribution in [-0.2, 0) is 22.0 Å². The molecule has 6 nitrogen and oxygen atoms in total. The van der Waals surface area contributed by atoms with Crippen LogP contribution in [0.15, 0.2) is 51.7 Å². The minimum absolute atomic E-state index is 0.0298. The fraction of sp³-hybridized carbons (Fsp3) is 0.421. The number of nitrogens with one attached hydrogen (secondary N) is 2.